The van der Waals surface area contributed by atoms with Crippen molar-refractivity contribution >= 4 is 17.0 Å². The highest BCUT2D eigenvalue weighted by molar-refractivity contribution is 5.79. The monoisotopic (exact) mass is 308 g/mol. The molecule has 0 amide bonds. The van der Waals surface area contributed by atoms with E-state index in [1.807, 2.05) is 25.2 Å². The molecular formula is C19H20N2O2. The molecule has 0 aliphatic carbocycles. The Morgan fingerprint density at radius 1 is 1.09 bits per heavy atom. The van der Waals surface area contributed by atoms with Crippen LogP contribution in [-0.2, 0) is 31.1 Å². The molecular weight excluding hydrogens is 288 g/mol. The Balaban J connectivity index is 1.81. The fraction of sp³-hybridized carbons (Fsp3) is 0.263. The number of carbonyl (C=O) groups is 1. The van der Waals surface area contributed by atoms with Gasteiger partial charge in [0.1, 0.15) is 5.82 Å². The first-order chi connectivity index (χ1) is 11.0. The van der Waals surface area contributed by atoms with Crippen molar-refractivity contribution in [2.24, 2.45) is 7.05 Å². The van der Waals surface area contributed by atoms with Crippen molar-refractivity contribution in [2.75, 3.05) is 0 Å². The zero-order valence-corrected chi connectivity index (χ0v) is 13.4. The Morgan fingerprint density at radius 2 is 1.78 bits per heavy atom. The molecule has 1 N–H and O–H groups in total. The van der Waals surface area contributed by atoms with E-state index in [2.05, 4.69) is 40.7 Å². The number of nitrogens with zero attached hydrogens (tertiary/aromatic N) is 2. The van der Waals surface area contributed by atoms with Gasteiger partial charge in [0.05, 0.1) is 17.5 Å². The molecule has 0 radical (unpaired) electrons. The predicted octanol–water partition coefficient (Wildman–Crippen LogP) is 3.29. The van der Waals surface area contributed by atoms with E-state index in [0.29, 0.717) is 0 Å². The van der Waals surface area contributed by atoms with Crippen molar-refractivity contribution in [1.82, 2.24) is 9.55 Å². The number of fused-ring (bicyclic) bond motifs is 1. The highest BCUT2D eigenvalue weighted by Crippen LogP contribution is 2.18. The van der Waals surface area contributed by atoms with E-state index in [1.165, 1.54) is 11.1 Å². The van der Waals surface area contributed by atoms with E-state index in [9.17, 15) is 4.79 Å². The molecule has 0 aliphatic rings. The second-order valence-electron chi connectivity index (χ2n) is 5.97. The van der Waals surface area contributed by atoms with Gasteiger partial charge >= 0.3 is 5.97 Å². The van der Waals surface area contributed by atoms with E-state index >= 15 is 0 Å². The van der Waals surface area contributed by atoms with Gasteiger partial charge in [-0.2, -0.15) is 0 Å². The summed E-state index contributed by atoms with van der Waals surface area (Å²) in [5.41, 5.74) is 5.26. The van der Waals surface area contributed by atoms with Crippen molar-refractivity contribution in [3.8, 4) is 0 Å². The maximum absolute atomic E-state index is 10.8. The molecule has 0 saturated carbocycles. The van der Waals surface area contributed by atoms with Crippen molar-refractivity contribution in [1.29, 1.82) is 0 Å². The summed E-state index contributed by atoms with van der Waals surface area (Å²) >= 11 is 0. The molecule has 4 heteroatoms. The molecule has 1 aromatic heterocycles. The van der Waals surface area contributed by atoms with Gasteiger partial charge in [0.2, 0.25) is 0 Å². The third kappa shape index (κ3) is 3.42. The molecule has 3 aromatic rings. The number of carboxylic acid groups (broad SMARTS) is 1. The molecule has 0 saturated heterocycles. The number of hydrogen-bond acceptors (Lipinski definition) is 2. The number of aliphatic carboxylic acids is 1. The molecule has 0 spiro atoms. The number of aromatic nitrogens is 2. The van der Waals surface area contributed by atoms with Crippen molar-refractivity contribution in [3.63, 3.8) is 0 Å². The van der Waals surface area contributed by atoms with E-state index < -0.39 is 5.97 Å². The maximum atomic E-state index is 10.8. The highest BCUT2D eigenvalue weighted by Gasteiger charge is 2.10. The number of aryl methyl sites for hydroxylation is 4. The van der Waals surface area contributed by atoms with Crippen LogP contribution in [0.2, 0.25) is 0 Å². The second kappa shape index (κ2) is 6.24. The van der Waals surface area contributed by atoms with Crippen molar-refractivity contribution < 1.29 is 9.90 Å². The summed E-state index contributed by atoms with van der Waals surface area (Å²) in [6.45, 7) is 2.09. The summed E-state index contributed by atoms with van der Waals surface area (Å²) < 4.78 is 2.09. The number of carboxylic acids is 1. The SMILES string of the molecule is Cc1ccc(CCc2nc3cc(CC(=O)O)ccc3n2C)cc1. The van der Waals surface area contributed by atoms with Gasteiger partial charge in [0.25, 0.3) is 0 Å². The van der Waals surface area contributed by atoms with Gasteiger partial charge in [-0.15, -0.1) is 0 Å². The quantitative estimate of drug-likeness (QED) is 0.787. The lowest BCUT2D eigenvalue weighted by Gasteiger charge is -2.03. The first-order valence-corrected chi connectivity index (χ1v) is 7.74. The van der Waals surface area contributed by atoms with Gasteiger partial charge in [-0.1, -0.05) is 35.9 Å². The van der Waals surface area contributed by atoms with E-state index in [-0.39, 0.29) is 6.42 Å². The average molecular weight is 308 g/mol. The van der Waals surface area contributed by atoms with Crippen molar-refractivity contribution in [3.05, 3.63) is 65.0 Å². The number of hydrogen-bond donors (Lipinski definition) is 1. The lowest BCUT2D eigenvalue weighted by molar-refractivity contribution is -0.136. The van der Waals surface area contributed by atoms with Crippen LogP contribution in [0.4, 0.5) is 0 Å². The van der Waals surface area contributed by atoms with Crippen LogP contribution in [0.25, 0.3) is 11.0 Å². The third-order valence-corrected chi connectivity index (χ3v) is 4.15. The normalized spacial score (nSPS) is 11.0. The molecule has 0 atom stereocenters. The zero-order chi connectivity index (χ0) is 16.4. The predicted molar refractivity (Wildman–Crippen MR) is 90.6 cm³/mol. The summed E-state index contributed by atoms with van der Waals surface area (Å²) in [7, 11) is 2.01. The van der Waals surface area contributed by atoms with E-state index in [4.69, 9.17) is 5.11 Å². The fourth-order valence-corrected chi connectivity index (χ4v) is 2.81. The van der Waals surface area contributed by atoms with Gasteiger partial charge in [0, 0.05) is 13.5 Å². The van der Waals surface area contributed by atoms with Crippen LogP contribution in [0.3, 0.4) is 0 Å². The molecule has 4 nitrogen and oxygen atoms in total. The minimum absolute atomic E-state index is 0.0330. The molecule has 2 aromatic carbocycles. The zero-order valence-electron chi connectivity index (χ0n) is 13.4. The first kappa shape index (κ1) is 15.3. The van der Waals surface area contributed by atoms with Crippen LogP contribution >= 0.6 is 0 Å². The Bertz CT molecular complexity index is 848. The molecule has 23 heavy (non-hydrogen) atoms. The summed E-state index contributed by atoms with van der Waals surface area (Å²) in [4.78, 5) is 15.5. The minimum atomic E-state index is -0.820. The van der Waals surface area contributed by atoms with Crippen LogP contribution in [0.1, 0.15) is 22.5 Å². The largest absolute Gasteiger partial charge is 0.481 e. The summed E-state index contributed by atoms with van der Waals surface area (Å²) in [5, 5.41) is 8.90. The Morgan fingerprint density at radius 3 is 2.48 bits per heavy atom. The van der Waals surface area contributed by atoms with Gasteiger partial charge in [-0.05, 0) is 36.6 Å². The van der Waals surface area contributed by atoms with E-state index in [1.54, 1.807) is 0 Å². The molecule has 0 unspecified atom stereocenters. The highest BCUT2D eigenvalue weighted by atomic mass is 16.4. The summed E-state index contributed by atoms with van der Waals surface area (Å²) in [5.74, 6) is 0.202. The van der Waals surface area contributed by atoms with Gasteiger partial charge in [0.15, 0.2) is 0 Å². The lowest BCUT2D eigenvalue weighted by atomic mass is 10.1. The van der Waals surface area contributed by atoms with Crippen LogP contribution in [-0.4, -0.2) is 20.6 Å². The Hall–Kier alpha value is -2.62. The Kier molecular flexibility index (Phi) is 4.15. The number of rotatable bonds is 5. The van der Waals surface area contributed by atoms with Crippen LogP contribution in [0.15, 0.2) is 42.5 Å². The lowest BCUT2D eigenvalue weighted by Crippen LogP contribution is -2.00. The molecule has 118 valence electrons. The fourth-order valence-electron chi connectivity index (χ4n) is 2.81. The average Bonchev–Trinajstić information content (AvgIpc) is 2.82. The molecule has 0 aliphatic heterocycles. The summed E-state index contributed by atoms with van der Waals surface area (Å²) in [6, 6.07) is 14.3. The maximum Gasteiger partial charge on any atom is 0.307 e. The van der Waals surface area contributed by atoms with Crippen LogP contribution in [0.5, 0.6) is 0 Å². The molecule has 1 heterocycles. The van der Waals surface area contributed by atoms with Gasteiger partial charge in [-0.25, -0.2) is 4.98 Å². The number of benzene rings is 2. The number of imidazole rings is 1. The minimum Gasteiger partial charge on any atom is -0.481 e. The summed E-state index contributed by atoms with van der Waals surface area (Å²) in [6.07, 6.45) is 1.84. The third-order valence-electron chi connectivity index (χ3n) is 4.15. The molecule has 0 fully saturated rings. The van der Waals surface area contributed by atoms with E-state index in [0.717, 1.165) is 35.3 Å². The smallest absolute Gasteiger partial charge is 0.307 e. The molecule has 0 bridgehead atoms. The second-order valence-corrected chi connectivity index (χ2v) is 5.97. The van der Waals surface area contributed by atoms with Crippen LogP contribution < -0.4 is 0 Å². The first-order valence-electron chi connectivity index (χ1n) is 7.74. The van der Waals surface area contributed by atoms with Crippen molar-refractivity contribution in [2.45, 2.75) is 26.2 Å². The Labute approximate surface area is 135 Å². The standard InChI is InChI=1S/C19H20N2O2/c1-13-3-5-14(6-4-13)8-10-18-20-16-11-15(12-19(22)23)7-9-17(16)21(18)2/h3-7,9,11H,8,10,12H2,1-2H3,(H,22,23). The van der Waals surface area contributed by atoms with Crippen LogP contribution in [0, 0.1) is 6.92 Å². The van der Waals surface area contributed by atoms with Gasteiger partial charge in [-0.3, -0.25) is 4.79 Å². The molecule has 3 rings (SSSR count). The topological polar surface area (TPSA) is 55.1 Å². The van der Waals surface area contributed by atoms with Gasteiger partial charge < -0.3 is 9.67 Å².